The highest BCUT2D eigenvalue weighted by Crippen LogP contribution is 2.36. The van der Waals surface area contributed by atoms with Crippen LogP contribution >= 0.6 is 15.9 Å². The van der Waals surface area contributed by atoms with E-state index in [0.717, 1.165) is 6.07 Å². The minimum Gasteiger partial charge on any atom is -0.504 e. The molecule has 0 amide bonds. The smallest absolute Gasteiger partial charge is 0.162 e. The zero-order valence-corrected chi connectivity index (χ0v) is 8.18. The normalized spacial score (nSPS) is 10.4. The summed E-state index contributed by atoms with van der Waals surface area (Å²) in [5.74, 6) is -1.59. The minimum absolute atomic E-state index is 0.0665. The van der Waals surface area contributed by atoms with Gasteiger partial charge in [0.2, 0.25) is 0 Å². The van der Waals surface area contributed by atoms with E-state index in [1.807, 2.05) is 0 Å². The molecule has 0 aliphatic rings. The zero-order valence-electron chi connectivity index (χ0n) is 6.59. The lowest BCUT2D eigenvalue weighted by Gasteiger charge is -2.08. The van der Waals surface area contributed by atoms with Gasteiger partial charge < -0.3 is 15.3 Å². The van der Waals surface area contributed by atoms with E-state index < -0.39 is 17.3 Å². The van der Waals surface area contributed by atoms with Gasteiger partial charge in [-0.25, -0.2) is 4.39 Å². The molecule has 3 N–H and O–H groups in total. The molecule has 0 atom stereocenters. The molecule has 3 nitrogen and oxygen atoms in total. The largest absolute Gasteiger partial charge is 0.504 e. The maximum absolute atomic E-state index is 12.9. The molecule has 0 fully saturated rings. The second kappa shape index (κ2) is 3.93. The van der Waals surface area contributed by atoms with Crippen LogP contribution in [0.25, 0.3) is 0 Å². The fraction of sp³-hybridized carbons (Fsp3) is 0.250. The highest BCUT2D eigenvalue weighted by molar-refractivity contribution is 9.10. The van der Waals surface area contributed by atoms with Crippen molar-refractivity contribution in [3.05, 3.63) is 21.9 Å². The highest BCUT2D eigenvalue weighted by atomic mass is 79.9. The Morgan fingerprint density at radius 3 is 2.54 bits per heavy atom. The van der Waals surface area contributed by atoms with E-state index in [0.29, 0.717) is 0 Å². The van der Waals surface area contributed by atoms with Crippen LogP contribution in [0.2, 0.25) is 0 Å². The van der Waals surface area contributed by atoms with E-state index in [4.69, 9.17) is 10.2 Å². The van der Waals surface area contributed by atoms with Crippen LogP contribution in [0.15, 0.2) is 10.5 Å². The topological polar surface area (TPSA) is 60.7 Å². The summed E-state index contributed by atoms with van der Waals surface area (Å²) in [5.41, 5.74) is 0.167. The van der Waals surface area contributed by atoms with Crippen molar-refractivity contribution in [2.75, 3.05) is 6.61 Å². The molecule has 0 saturated carbocycles. The fourth-order valence-electron chi connectivity index (χ4n) is 0.994. The monoisotopic (exact) mass is 250 g/mol. The Labute approximate surface area is 82.6 Å². The number of rotatable bonds is 2. The lowest BCUT2D eigenvalue weighted by molar-refractivity contribution is 0.295. The molecule has 1 aromatic rings. The predicted octanol–water partition coefficient (Wildman–Crippen LogP) is 1.53. The van der Waals surface area contributed by atoms with Crippen molar-refractivity contribution >= 4 is 15.9 Å². The van der Waals surface area contributed by atoms with Gasteiger partial charge in [0.15, 0.2) is 11.5 Å². The minimum atomic E-state index is -0.668. The van der Waals surface area contributed by atoms with Gasteiger partial charge in [-0.1, -0.05) is 0 Å². The third kappa shape index (κ3) is 1.92. The Kier molecular flexibility index (Phi) is 3.11. The predicted molar refractivity (Wildman–Crippen MR) is 48.2 cm³/mol. The van der Waals surface area contributed by atoms with Gasteiger partial charge in [0.05, 0.1) is 4.47 Å². The average molecular weight is 251 g/mol. The Morgan fingerprint density at radius 1 is 1.38 bits per heavy atom. The van der Waals surface area contributed by atoms with Crippen LogP contribution in [-0.4, -0.2) is 21.9 Å². The van der Waals surface area contributed by atoms with Crippen molar-refractivity contribution in [1.29, 1.82) is 0 Å². The first-order valence-electron chi connectivity index (χ1n) is 3.57. The van der Waals surface area contributed by atoms with E-state index >= 15 is 0 Å². The molecule has 0 saturated heterocycles. The first kappa shape index (κ1) is 10.3. The molecular weight excluding hydrogens is 243 g/mol. The standard InChI is InChI=1S/C8H8BrFO3/c9-7-4(1-2-11)8(13)6(12)3-5(7)10/h3,11-13H,1-2H2. The number of phenols is 2. The Hall–Kier alpha value is -0.810. The van der Waals surface area contributed by atoms with Crippen LogP contribution in [0.3, 0.4) is 0 Å². The summed E-state index contributed by atoms with van der Waals surface area (Å²) in [6.07, 6.45) is 0.0811. The van der Waals surface area contributed by atoms with E-state index in [1.165, 1.54) is 0 Å². The van der Waals surface area contributed by atoms with Crippen molar-refractivity contribution in [2.24, 2.45) is 0 Å². The van der Waals surface area contributed by atoms with Gasteiger partial charge in [-0.05, 0) is 15.9 Å². The first-order chi connectivity index (χ1) is 6.07. The number of aromatic hydroxyl groups is 2. The molecule has 0 aromatic heterocycles. The summed E-state index contributed by atoms with van der Waals surface area (Å²) in [6.45, 7) is -0.227. The fourth-order valence-corrected chi connectivity index (χ4v) is 1.49. The van der Waals surface area contributed by atoms with Crippen LogP contribution in [-0.2, 0) is 6.42 Å². The van der Waals surface area contributed by atoms with E-state index in [9.17, 15) is 9.50 Å². The highest BCUT2D eigenvalue weighted by Gasteiger charge is 2.14. The maximum Gasteiger partial charge on any atom is 0.162 e. The first-order valence-corrected chi connectivity index (χ1v) is 4.37. The van der Waals surface area contributed by atoms with Crippen molar-refractivity contribution in [3.63, 3.8) is 0 Å². The van der Waals surface area contributed by atoms with Gasteiger partial charge in [0.1, 0.15) is 5.82 Å². The number of phenolic OH excluding ortho intramolecular Hbond substituents is 2. The molecular formula is C8H8BrFO3. The van der Waals surface area contributed by atoms with Gasteiger partial charge in [-0.15, -0.1) is 0 Å². The third-order valence-corrected chi connectivity index (χ3v) is 2.49. The molecule has 0 aliphatic carbocycles. The maximum atomic E-state index is 12.9. The molecule has 1 aromatic carbocycles. The average Bonchev–Trinajstić information content (AvgIpc) is 2.09. The molecule has 1 rings (SSSR count). The molecule has 0 heterocycles. The van der Waals surface area contributed by atoms with E-state index in [2.05, 4.69) is 15.9 Å². The number of hydrogen-bond acceptors (Lipinski definition) is 3. The molecule has 0 bridgehead atoms. The Balaban J connectivity index is 3.28. The molecule has 5 heteroatoms. The van der Waals surface area contributed by atoms with Crippen LogP contribution in [0, 0.1) is 5.82 Å². The Bertz CT molecular complexity index is 301. The number of aliphatic hydroxyl groups is 1. The molecule has 0 radical (unpaired) electrons. The van der Waals surface area contributed by atoms with Gasteiger partial charge >= 0.3 is 0 Å². The summed E-state index contributed by atoms with van der Waals surface area (Å²) in [4.78, 5) is 0. The van der Waals surface area contributed by atoms with Crippen molar-refractivity contribution in [1.82, 2.24) is 0 Å². The molecule has 72 valence electrons. The lowest BCUT2D eigenvalue weighted by atomic mass is 10.1. The molecule has 0 aliphatic heterocycles. The van der Waals surface area contributed by atoms with Crippen molar-refractivity contribution in [2.45, 2.75) is 6.42 Å². The van der Waals surface area contributed by atoms with Crippen LogP contribution in [0.1, 0.15) is 5.56 Å². The third-order valence-electron chi connectivity index (χ3n) is 1.63. The van der Waals surface area contributed by atoms with Crippen LogP contribution in [0.5, 0.6) is 11.5 Å². The summed E-state index contributed by atoms with van der Waals surface area (Å²) < 4.78 is 13.0. The van der Waals surface area contributed by atoms with Crippen molar-refractivity contribution < 1.29 is 19.7 Å². The van der Waals surface area contributed by atoms with Gasteiger partial charge in [-0.3, -0.25) is 0 Å². The molecule has 0 unspecified atom stereocenters. The summed E-state index contributed by atoms with van der Waals surface area (Å²) in [5, 5.41) is 26.9. The molecule has 13 heavy (non-hydrogen) atoms. The Morgan fingerprint density at radius 2 is 2.00 bits per heavy atom. The number of benzene rings is 1. The van der Waals surface area contributed by atoms with Gasteiger partial charge in [0, 0.05) is 24.7 Å². The van der Waals surface area contributed by atoms with Gasteiger partial charge in [0.25, 0.3) is 0 Å². The van der Waals surface area contributed by atoms with E-state index in [-0.39, 0.29) is 23.1 Å². The summed E-state index contributed by atoms with van der Waals surface area (Å²) >= 11 is 2.91. The number of aliphatic hydroxyl groups excluding tert-OH is 1. The molecule has 0 spiro atoms. The van der Waals surface area contributed by atoms with Crippen molar-refractivity contribution in [3.8, 4) is 11.5 Å². The summed E-state index contributed by atoms with van der Waals surface area (Å²) in [7, 11) is 0. The van der Waals surface area contributed by atoms with E-state index in [1.54, 1.807) is 0 Å². The second-order valence-corrected chi connectivity index (χ2v) is 3.29. The quantitative estimate of drug-likeness (QED) is 0.698. The van der Waals surface area contributed by atoms with Crippen LogP contribution < -0.4 is 0 Å². The lowest BCUT2D eigenvalue weighted by Crippen LogP contribution is -1.95. The SMILES string of the molecule is OCCc1c(O)c(O)cc(F)c1Br. The van der Waals surface area contributed by atoms with Crippen LogP contribution in [0.4, 0.5) is 4.39 Å². The number of hydrogen-bond donors (Lipinski definition) is 3. The summed E-state index contributed by atoms with van der Waals surface area (Å²) in [6, 6.07) is 0.806. The number of halogens is 2. The second-order valence-electron chi connectivity index (χ2n) is 2.49. The van der Waals surface area contributed by atoms with Gasteiger partial charge in [-0.2, -0.15) is 0 Å². The zero-order chi connectivity index (χ0) is 10.0.